The summed E-state index contributed by atoms with van der Waals surface area (Å²) in [7, 11) is 0. The number of aryl methyl sites for hydroxylation is 1. The molecule has 2 rings (SSSR count). The minimum absolute atomic E-state index is 0.242. The maximum atomic E-state index is 14.4. The number of piperidine rings is 1. The molecule has 5 heteroatoms. The van der Waals surface area contributed by atoms with Gasteiger partial charge in [0.1, 0.15) is 6.33 Å². The normalized spacial score (nSPS) is 19.7. The lowest BCUT2D eigenvalue weighted by Gasteiger charge is -2.37. The Hall–Kier alpha value is -1.23. The number of hydrogen-bond donors (Lipinski definition) is 1. The first kappa shape index (κ1) is 14.2. The van der Waals surface area contributed by atoms with Crippen LogP contribution in [0.3, 0.4) is 0 Å². The third-order valence-corrected chi connectivity index (χ3v) is 3.71. The second-order valence-corrected chi connectivity index (χ2v) is 4.96. The molecular weight excluding hydrogens is 243 g/mol. The van der Waals surface area contributed by atoms with Gasteiger partial charge in [-0.3, -0.25) is 0 Å². The van der Waals surface area contributed by atoms with E-state index in [0.717, 1.165) is 32.5 Å². The molecule has 0 aliphatic carbocycles. The summed E-state index contributed by atoms with van der Waals surface area (Å²) in [6, 6.07) is 0.336. The SMILES string of the molecule is CCNCC1CCCCN1c1ncnc(CC)c1F. The van der Waals surface area contributed by atoms with Gasteiger partial charge in [0.25, 0.3) is 0 Å². The minimum atomic E-state index is -0.242. The van der Waals surface area contributed by atoms with Crippen molar-refractivity contribution in [2.75, 3.05) is 24.5 Å². The van der Waals surface area contributed by atoms with Crippen LogP contribution in [0.25, 0.3) is 0 Å². The van der Waals surface area contributed by atoms with Crippen LogP contribution < -0.4 is 10.2 Å². The van der Waals surface area contributed by atoms with Gasteiger partial charge < -0.3 is 10.2 Å². The zero-order valence-corrected chi connectivity index (χ0v) is 11.8. The van der Waals surface area contributed by atoms with E-state index in [1.165, 1.54) is 12.7 Å². The molecule has 19 heavy (non-hydrogen) atoms. The molecule has 1 atom stereocenters. The predicted octanol–water partition coefficient (Wildman–Crippen LogP) is 2.15. The molecule has 1 N–H and O–H groups in total. The molecule has 1 unspecified atom stereocenters. The fraction of sp³-hybridized carbons (Fsp3) is 0.714. The number of aromatic nitrogens is 2. The Labute approximate surface area is 114 Å². The monoisotopic (exact) mass is 266 g/mol. The van der Waals surface area contributed by atoms with Crippen molar-refractivity contribution in [2.24, 2.45) is 0 Å². The van der Waals surface area contributed by atoms with E-state index in [9.17, 15) is 4.39 Å². The maximum Gasteiger partial charge on any atom is 0.187 e. The third kappa shape index (κ3) is 3.21. The average molecular weight is 266 g/mol. The highest BCUT2D eigenvalue weighted by molar-refractivity contribution is 5.43. The summed E-state index contributed by atoms with van der Waals surface area (Å²) in [4.78, 5) is 10.3. The largest absolute Gasteiger partial charge is 0.350 e. The summed E-state index contributed by atoms with van der Waals surface area (Å²) in [6.45, 7) is 6.72. The van der Waals surface area contributed by atoms with Crippen molar-refractivity contribution < 1.29 is 4.39 Å². The number of halogens is 1. The number of hydrogen-bond acceptors (Lipinski definition) is 4. The lowest BCUT2D eigenvalue weighted by molar-refractivity contribution is 0.428. The molecule has 2 heterocycles. The Kier molecular flexibility index (Phi) is 5.07. The van der Waals surface area contributed by atoms with Gasteiger partial charge in [-0.1, -0.05) is 13.8 Å². The number of nitrogens with one attached hydrogen (secondary N) is 1. The minimum Gasteiger partial charge on any atom is -0.350 e. The van der Waals surface area contributed by atoms with E-state index in [0.29, 0.717) is 24.0 Å². The van der Waals surface area contributed by atoms with Gasteiger partial charge in [0, 0.05) is 19.1 Å². The van der Waals surface area contributed by atoms with E-state index in [4.69, 9.17) is 0 Å². The molecule has 0 spiro atoms. The molecule has 1 aromatic heterocycles. The molecule has 1 saturated heterocycles. The highest BCUT2D eigenvalue weighted by Gasteiger charge is 2.26. The smallest absolute Gasteiger partial charge is 0.187 e. The zero-order chi connectivity index (χ0) is 13.7. The average Bonchev–Trinajstić information content (AvgIpc) is 2.46. The van der Waals surface area contributed by atoms with Crippen LogP contribution in [0.15, 0.2) is 6.33 Å². The highest BCUT2D eigenvalue weighted by atomic mass is 19.1. The fourth-order valence-electron chi connectivity index (χ4n) is 2.64. The topological polar surface area (TPSA) is 41.0 Å². The van der Waals surface area contributed by atoms with E-state index in [2.05, 4.69) is 27.1 Å². The van der Waals surface area contributed by atoms with Gasteiger partial charge in [-0.15, -0.1) is 0 Å². The Morgan fingerprint density at radius 1 is 1.37 bits per heavy atom. The third-order valence-electron chi connectivity index (χ3n) is 3.71. The van der Waals surface area contributed by atoms with Crippen LogP contribution in [0.5, 0.6) is 0 Å². The van der Waals surface area contributed by atoms with E-state index >= 15 is 0 Å². The first-order valence-electron chi connectivity index (χ1n) is 7.24. The summed E-state index contributed by atoms with van der Waals surface area (Å²) >= 11 is 0. The Morgan fingerprint density at radius 2 is 2.21 bits per heavy atom. The van der Waals surface area contributed by atoms with Crippen molar-refractivity contribution in [3.63, 3.8) is 0 Å². The Morgan fingerprint density at radius 3 is 2.95 bits per heavy atom. The van der Waals surface area contributed by atoms with E-state index in [-0.39, 0.29) is 5.82 Å². The van der Waals surface area contributed by atoms with Crippen LogP contribution in [0.2, 0.25) is 0 Å². The fourth-order valence-corrected chi connectivity index (χ4v) is 2.64. The van der Waals surface area contributed by atoms with Crippen molar-refractivity contribution in [3.8, 4) is 0 Å². The first-order valence-corrected chi connectivity index (χ1v) is 7.24. The van der Waals surface area contributed by atoms with E-state index in [1.807, 2.05) is 6.92 Å². The summed E-state index contributed by atoms with van der Waals surface area (Å²) in [5, 5.41) is 3.36. The van der Waals surface area contributed by atoms with Crippen molar-refractivity contribution in [1.82, 2.24) is 15.3 Å². The van der Waals surface area contributed by atoms with Crippen molar-refractivity contribution >= 4 is 5.82 Å². The molecule has 0 aromatic carbocycles. The van der Waals surface area contributed by atoms with Crippen LogP contribution in [-0.4, -0.2) is 35.6 Å². The quantitative estimate of drug-likeness (QED) is 0.886. The van der Waals surface area contributed by atoms with Crippen LogP contribution in [-0.2, 0) is 6.42 Å². The van der Waals surface area contributed by atoms with Gasteiger partial charge in [-0.25, -0.2) is 14.4 Å². The molecule has 1 aliphatic heterocycles. The number of nitrogens with zero attached hydrogens (tertiary/aromatic N) is 3. The summed E-state index contributed by atoms with van der Waals surface area (Å²) in [6.07, 6.45) is 5.49. The number of rotatable bonds is 5. The number of anilines is 1. The van der Waals surface area contributed by atoms with Gasteiger partial charge in [0.2, 0.25) is 0 Å². The van der Waals surface area contributed by atoms with E-state index < -0.39 is 0 Å². The lowest BCUT2D eigenvalue weighted by Crippen LogP contribution is -2.46. The molecule has 0 amide bonds. The standard InChI is InChI=1S/C14H23FN4/c1-3-12-13(15)14(18-10-17-12)19-8-6-5-7-11(19)9-16-4-2/h10-11,16H,3-9H2,1-2H3. The van der Waals surface area contributed by atoms with Gasteiger partial charge >= 0.3 is 0 Å². The molecule has 1 aromatic rings. The molecule has 106 valence electrons. The highest BCUT2D eigenvalue weighted by Crippen LogP contribution is 2.26. The molecule has 4 nitrogen and oxygen atoms in total. The predicted molar refractivity (Wildman–Crippen MR) is 74.9 cm³/mol. The molecule has 0 saturated carbocycles. The van der Waals surface area contributed by atoms with Gasteiger partial charge in [-0.2, -0.15) is 0 Å². The van der Waals surface area contributed by atoms with Crippen LogP contribution >= 0.6 is 0 Å². The first-order chi connectivity index (χ1) is 9.27. The Bertz CT molecular complexity index is 410. The molecule has 1 aliphatic rings. The summed E-state index contributed by atoms with van der Waals surface area (Å²) < 4.78 is 14.4. The van der Waals surface area contributed by atoms with Crippen LogP contribution in [0.4, 0.5) is 10.2 Å². The molecular formula is C14H23FN4. The number of likely N-dealkylation sites (N-methyl/N-ethyl adjacent to an activating group) is 1. The van der Waals surface area contributed by atoms with Gasteiger partial charge in [0.05, 0.1) is 5.69 Å². The van der Waals surface area contributed by atoms with Crippen LogP contribution in [0, 0.1) is 5.82 Å². The van der Waals surface area contributed by atoms with Gasteiger partial charge in [0.15, 0.2) is 11.6 Å². The second-order valence-electron chi connectivity index (χ2n) is 4.96. The van der Waals surface area contributed by atoms with Crippen molar-refractivity contribution in [1.29, 1.82) is 0 Å². The van der Waals surface area contributed by atoms with Crippen LogP contribution in [0.1, 0.15) is 38.8 Å². The molecule has 0 radical (unpaired) electrons. The molecule has 0 bridgehead atoms. The van der Waals surface area contributed by atoms with Crippen molar-refractivity contribution in [2.45, 2.75) is 45.6 Å². The lowest BCUT2D eigenvalue weighted by atomic mass is 10.0. The summed E-state index contributed by atoms with van der Waals surface area (Å²) in [5.74, 6) is 0.239. The van der Waals surface area contributed by atoms with Crippen molar-refractivity contribution in [3.05, 3.63) is 17.8 Å². The van der Waals surface area contributed by atoms with E-state index in [1.54, 1.807) is 0 Å². The summed E-state index contributed by atoms with van der Waals surface area (Å²) in [5.41, 5.74) is 0.512. The van der Waals surface area contributed by atoms with Gasteiger partial charge in [-0.05, 0) is 32.2 Å². The zero-order valence-electron chi connectivity index (χ0n) is 11.8. The molecule has 1 fully saturated rings. The maximum absolute atomic E-state index is 14.4. The second kappa shape index (κ2) is 6.80. The Balaban J connectivity index is 2.21.